The maximum atomic E-state index is 13.6. The lowest BCUT2D eigenvalue weighted by Gasteiger charge is -2.34. The fourth-order valence-electron chi connectivity index (χ4n) is 3.28. The van der Waals surface area contributed by atoms with E-state index in [9.17, 15) is 9.18 Å². The molecule has 4 nitrogen and oxygen atoms in total. The molecular formula is C21H25FN2O2. The second-order valence-electron chi connectivity index (χ2n) is 6.56. The second kappa shape index (κ2) is 8.81. The molecule has 3 rings (SSSR count). The zero-order valence-corrected chi connectivity index (χ0v) is 15.2. The van der Waals surface area contributed by atoms with Crippen molar-refractivity contribution in [2.75, 3.05) is 39.8 Å². The van der Waals surface area contributed by atoms with Crippen LogP contribution in [0.5, 0.6) is 5.75 Å². The number of carbonyl (C=O) groups excluding carboxylic acids is 1. The molecule has 0 aliphatic carbocycles. The number of nitrogens with zero attached hydrogens (tertiary/aromatic N) is 2. The number of amides is 1. The van der Waals surface area contributed by atoms with Gasteiger partial charge in [-0.2, -0.15) is 0 Å². The van der Waals surface area contributed by atoms with Crippen LogP contribution in [0.1, 0.15) is 22.3 Å². The van der Waals surface area contributed by atoms with Gasteiger partial charge in [0.05, 0.1) is 7.11 Å². The molecule has 138 valence electrons. The summed E-state index contributed by atoms with van der Waals surface area (Å²) < 4.78 is 18.8. The molecular weight excluding hydrogens is 331 g/mol. The van der Waals surface area contributed by atoms with Crippen LogP contribution in [0.4, 0.5) is 4.39 Å². The largest absolute Gasteiger partial charge is 0.497 e. The highest BCUT2D eigenvalue weighted by atomic mass is 19.1. The van der Waals surface area contributed by atoms with Gasteiger partial charge in [0.1, 0.15) is 11.6 Å². The molecule has 0 N–H and O–H groups in total. The smallest absolute Gasteiger partial charge is 0.253 e. The van der Waals surface area contributed by atoms with E-state index in [0.29, 0.717) is 5.56 Å². The number of carbonyl (C=O) groups is 1. The molecule has 0 aromatic heterocycles. The Balaban J connectivity index is 1.43. The molecule has 0 radical (unpaired) electrons. The minimum absolute atomic E-state index is 0.0682. The Labute approximate surface area is 154 Å². The lowest BCUT2D eigenvalue weighted by molar-refractivity contribution is 0.0636. The number of aryl methyl sites for hydroxylation is 1. The molecule has 1 saturated heterocycles. The van der Waals surface area contributed by atoms with Crippen LogP contribution in [0, 0.1) is 5.82 Å². The highest BCUT2D eigenvalue weighted by Gasteiger charge is 2.21. The molecule has 1 aliphatic rings. The van der Waals surface area contributed by atoms with Crippen LogP contribution in [-0.4, -0.2) is 55.5 Å². The van der Waals surface area contributed by atoms with E-state index in [4.69, 9.17) is 4.74 Å². The van der Waals surface area contributed by atoms with Crippen molar-refractivity contribution in [2.24, 2.45) is 0 Å². The highest BCUT2D eigenvalue weighted by Crippen LogP contribution is 2.15. The number of hydrogen-bond donors (Lipinski definition) is 0. The molecule has 1 aliphatic heterocycles. The molecule has 2 aromatic rings. The van der Waals surface area contributed by atoms with Gasteiger partial charge in [0.2, 0.25) is 0 Å². The number of halogens is 1. The fourth-order valence-corrected chi connectivity index (χ4v) is 3.28. The summed E-state index contributed by atoms with van der Waals surface area (Å²) in [4.78, 5) is 16.8. The van der Waals surface area contributed by atoms with E-state index in [1.165, 1.54) is 6.07 Å². The third-order valence-electron chi connectivity index (χ3n) is 4.87. The number of hydrogen-bond acceptors (Lipinski definition) is 3. The van der Waals surface area contributed by atoms with Crippen molar-refractivity contribution in [3.63, 3.8) is 0 Å². The van der Waals surface area contributed by atoms with E-state index in [1.807, 2.05) is 41.3 Å². The Bertz CT molecular complexity index is 725. The number of methoxy groups -OCH3 is 1. The molecule has 0 bridgehead atoms. The molecule has 1 fully saturated rings. The summed E-state index contributed by atoms with van der Waals surface area (Å²) in [6, 6.07) is 14.2. The van der Waals surface area contributed by atoms with Crippen molar-refractivity contribution in [3.8, 4) is 5.75 Å². The van der Waals surface area contributed by atoms with Crippen molar-refractivity contribution >= 4 is 5.91 Å². The average molecular weight is 356 g/mol. The van der Waals surface area contributed by atoms with E-state index in [1.54, 1.807) is 13.2 Å². The molecule has 0 unspecified atom stereocenters. The van der Waals surface area contributed by atoms with Gasteiger partial charge in [-0.25, -0.2) is 4.39 Å². The van der Waals surface area contributed by atoms with Crippen molar-refractivity contribution in [1.29, 1.82) is 0 Å². The summed E-state index contributed by atoms with van der Waals surface area (Å²) in [6.07, 6.45) is 1.67. The van der Waals surface area contributed by atoms with Crippen LogP contribution in [0.2, 0.25) is 0 Å². The summed E-state index contributed by atoms with van der Waals surface area (Å²) >= 11 is 0. The molecule has 0 saturated carbocycles. The van der Waals surface area contributed by atoms with Crippen molar-refractivity contribution in [3.05, 3.63) is 65.5 Å². The van der Waals surface area contributed by atoms with E-state index in [2.05, 4.69) is 4.90 Å². The molecule has 0 spiro atoms. The summed E-state index contributed by atoms with van der Waals surface area (Å²) in [5.74, 6) is 0.697. The van der Waals surface area contributed by atoms with Crippen LogP contribution >= 0.6 is 0 Å². The Hall–Kier alpha value is -2.40. The van der Waals surface area contributed by atoms with Gasteiger partial charge in [-0.3, -0.25) is 9.69 Å². The monoisotopic (exact) mass is 356 g/mol. The topological polar surface area (TPSA) is 32.8 Å². The van der Waals surface area contributed by atoms with Gasteiger partial charge in [0, 0.05) is 31.7 Å². The maximum Gasteiger partial charge on any atom is 0.253 e. The van der Waals surface area contributed by atoms with Gasteiger partial charge < -0.3 is 9.64 Å². The zero-order valence-electron chi connectivity index (χ0n) is 15.2. The molecule has 1 heterocycles. The lowest BCUT2D eigenvalue weighted by Crippen LogP contribution is -2.48. The maximum absolute atomic E-state index is 13.6. The normalized spacial score (nSPS) is 15.1. The van der Waals surface area contributed by atoms with E-state index in [-0.39, 0.29) is 11.7 Å². The minimum Gasteiger partial charge on any atom is -0.497 e. The van der Waals surface area contributed by atoms with E-state index < -0.39 is 0 Å². The molecule has 2 aromatic carbocycles. The Morgan fingerprint density at radius 3 is 2.38 bits per heavy atom. The first-order chi connectivity index (χ1) is 12.7. The van der Waals surface area contributed by atoms with Crippen LogP contribution in [0.25, 0.3) is 0 Å². The van der Waals surface area contributed by atoms with Gasteiger partial charge in [-0.15, -0.1) is 0 Å². The number of rotatable bonds is 6. The first-order valence-electron chi connectivity index (χ1n) is 9.06. The van der Waals surface area contributed by atoms with Gasteiger partial charge in [0.25, 0.3) is 5.91 Å². The van der Waals surface area contributed by atoms with Crippen molar-refractivity contribution in [2.45, 2.75) is 12.8 Å². The lowest BCUT2D eigenvalue weighted by atomic mass is 10.1. The summed E-state index contributed by atoms with van der Waals surface area (Å²) in [5, 5.41) is 0. The van der Waals surface area contributed by atoms with Gasteiger partial charge in [0.15, 0.2) is 0 Å². The summed E-state index contributed by atoms with van der Waals surface area (Å²) in [5.41, 5.74) is 1.47. The molecule has 26 heavy (non-hydrogen) atoms. The third-order valence-corrected chi connectivity index (χ3v) is 4.87. The number of piperazine rings is 1. The Kier molecular flexibility index (Phi) is 6.23. The van der Waals surface area contributed by atoms with Crippen molar-refractivity contribution < 1.29 is 13.9 Å². The molecule has 1 amide bonds. The van der Waals surface area contributed by atoms with E-state index >= 15 is 0 Å². The zero-order chi connectivity index (χ0) is 18.4. The second-order valence-corrected chi connectivity index (χ2v) is 6.56. The summed E-state index contributed by atoms with van der Waals surface area (Å²) in [7, 11) is 1.61. The predicted molar refractivity (Wildman–Crippen MR) is 100 cm³/mol. The minimum atomic E-state index is -0.123. The average Bonchev–Trinajstić information content (AvgIpc) is 2.69. The number of benzene rings is 2. The third kappa shape index (κ3) is 4.61. The van der Waals surface area contributed by atoms with Gasteiger partial charge in [-0.05, 0) is 55.3 Å². The Morgan fingerprint density at radius 1 is 1.04 bits per heavy atom. The van der Waals surface area contributed by atoms with Gasteiger partial charge in [-0.1, -0.05) is 18.2 Å². The van der Waals surface area contributed by atoms with Crippen LogP contribution in [0.3, 0.4) is 0 Å². The van der Waals surface area contributed by atoms with Crippen LogP contribution in [0.15, 0.2) is 48.5 Å². The molecule has 5 heteroatoms. The molecule has 0 atom stereocenters. The summed E-state index contributed by atoms with van der Waals surface area (Å²) in [6.45, 7) is 4.10. The first kappa shape index (κ1) is 18.4. The standard InChI is InChI=1S/C21H25FN2O2/c1-26-19-10-8-18(9-11-19)21(25)24-15-13-23(14-16-24)12-4-6-17-5-2-3-7-20(17)22/h2-3,5,7-11H,4,6,12-16H2,1H3. The highest BCUT2D eigenvalue weighted by molar-refractivity contribution is 5.94. The van der Waals surface area contributed by atoms with E-state index in [0.717, 1.165) is 56.9 Å². The number of ether oxygens (including phenoxy) is 1. The van der Waals surface area contributed by atoms with Crippen LogP contribution in [-0.2, 0) is 6.42 Å². The van der Waals surface area contributed by atoms with Gasteiger partial charge >= 0.3 is 0 Å². The van der Waals surface area contributed by atoms with Crippen LogP contribution < -0.4 is 4.74 Å². The van der Waals surface area contributed by atoms with Crippen molar-refractivity contribution in [1.82, 2.24) is 9.80 Å². The fraction of sp³-hybridized carbons (Fsp3) is 0.381. The first-order valence-corrected chi connectivity index (χ1v) is 9.06. The Morgan fingerprint density at radius 2 is 1.73 bits per heavy atom. The predicted octanol–water partition coefficient (Wildman–Crippen LogP) is 3.22. The SMILES string of the molecule is COc1ccc(C(=O)N2CCN(CCCc3ccccc3F)CC2)cc1. The quantitative estimate of drug-likeness (QED) is 0.797.